The van der Waals surface area contributed by atoms with E-state index in [0.29, 0.717) is 17.3 Å². The molecule has 0 spiro atoms. The second-order valence-electron chi connectivity index (χ2n) is 11.7. The Labute approximate surface area is 185 Å². The first-order chi connectivity index (χ1) is 14.0. The summed E-state index contributed by atoms with van der Waals surface area (Å²) in [5, 5.41) is 20.2. The first-order valence-corrected chi connectivity index (χ1v) is 12.5. The minimum atomic E-state index is -0.537. The van der Waals surface area contributed by atoms with Crippen LogP contribution in [-0.4, -0.2) is 21.9 Å². The number of fused-ring (bicyclic) bond motifs is 1. The summed E-state index contributed by atoms with van der Waals surface area (Å²) in [5.74, 6) is 2.63. The Hall–Kier alpha value is -0.860. The molecule has 3 fully saturated rings. The van der Waals surface area contributed by atoms with E-state index >= 15 is 0 Å². The third-order valence-corrected chi connectivity index (χ3v) is 8.76. The molecule has 0 heterocycles. The molecule has 0 aliphatic heterocycles. The molecule has 3 rings (SSSR count). The zero-order valence-electron chi connectivity index (χ0n) is 20.2. The van der Waals surface area contributed by atoms with Gasteiger partial charge in [-0.05, 0) is 105 Å². The van der Waals surface area contributed by atoms with Crippen molar-refractivity contribution in [2.75, 3.05) is 0 Å². The molecule has 0 saturated heterocycles. The van der Waals surface area contributed by atoms with E-state index < -0.39 is 5.60 Å². The molecule has 0 radical (unpaired) electrons. The molecule has 3 saturated carbocycles. The molecule has 0 aromatic heterocycles. The highest BCUT2D eigenvalue weighted by Gasteiger charge is 2.50. The quantitative estimate of drug-likeness (QED) is 0.492. The van der Waals surface area contributed by atoms with Gasteiger partial charge in [0.2, 0.25) is 0 Å². The number of allylic oxidation sites excluding steroid dienone is 4. The Morgan fingerprint density at radius 3 is 2.70 bits per heavy atom. The highest BCUT2D eigenvalue weighted by Crippen LogP contribution is 2.60. The average molecular weight is 415 g/mol. The van der Waals surface area contributed by atoms with Crippen molar-refractivity contribution < 1.29 is 10.2 Å². The molecule has 6 atom stereocenters. The van der Waals surface area contributed by atoms with E-state index in [1.807, 2.05) is 13.8 Å². The van der Waals surface area contributed by atoms with Gasteiger partial charge in [0.1, 0.15) is 0 Å². The van der Waals surface area contributed by atoms with Gasteiger partial charge in [0, 0.05) is 0 Å². The van der Waals surface area contributed by atoms with Crippen LogP contribution in [0.25, 0.3) is 0 Å². The lowest BCUT2D eigenvalue weighted by atomic mass is 9.60. The van der Waals surface area contributed by atoms with Crippen molar-refractivity contribution in [3.63, 3.8) is 0 Å². The van der Waals surface area contributed by atoms with Gasteiger partial charge in [-0.25, -0.2) is 0 Å². The second-order valence-corrected chi connectivity index (χ2v) is 11.7. The summed E-state index contributed by atoms with van der Waals surface area (Å²) in [6, 6.07) is 0. The zero-order valence-corrected chi connectivity index (χ0v) is 20.2. The van der Waals surface area contributed by atoms with Gasteiger partial charge in [-0.1, -0.05) is 57.9 Å². The molecular weight excluding hydrogens is 368 g/mol. The Balaban J connectivity index is 1.70. The number of aliphatic hydroxyl groups is 2. The van der Waals surface area contributed by atoms with Crippen LogP contribution >= 0.6 is 0 Å². The Morgan fingerprint density at radius 2 is 2.00 bits per heavy atom. The molecule has 0 amide bonds. The van der Waals surface area contributed by atoms with E-state index in [-0.39, 0.29) is 6.10 Å². The maximum absolute atomic E-state index is 10.2. The minimum absolute atomic E-state index is 0.215. The molecule has 30 heavy (non-hydrogen) atoms. The van der Waals surface area contributed by atoms with Gasteiger partial charge in [-0.3, -0.25) is 0 Å². The normalized spacial score (nSPS) is 38.8. The fraction of sp³-hybridized carbons (Fsp3) is 0.786. The lowest BCUT2D eigenvalue weighted by Gasteiger charge is -2.44. The van der Waals surface area contributed by atoms with Gasteiger partial charge in [-0.2, -0.15) is 0 Å². The van der Waals surface area contributed by atoms with Crippen molar-refractivity contribution in [1.29, 1.82) is 0 Å². The van der Waals surface area contributed by atoms with E-state index in [1.54, 1.807) is 5.57 Å². The van der Waals surface area contributed by atoms with E-state index in [2.05, 4.69) is 39.5 Å². The monoisotopic (exact) mass is 414 g/mol. The van der Waals surface area contributed by atoms with Crippen molar-refractivity contribution in [2.45, 2.75) is 111 Å². The number of aliphatic hydroxyl groups excluding tert-OH is 1. The SMILES string of the molecule is C=C1/C(=C\C=C2/CCC[C@]3(C)[C@@H]([C@H](C)CCCC(C)(C)O)CC[C@@H]23)C[C@@H](O)C[C@@H]1C. The second kappa shape index (κ2) is 9.33. The standard InChI is InChI=1S/C28H46O2/c1-19(9-7-15-27(4,5)30)25-13-14-26-22(10-8-16-28(25,26)6)11-12-23-18-24(29)17-20(2)21(23)3/h11-12,19-20,24-26,29-30H,3,7-10,13-18H2,1-2,4-6H3/b22-11+,23-12-/t19-,20+,24+,25-,26+,28-/m1/s1. The summed E-state index contributed by atoms with van der Waals surface area (Å²) in [7, 11) is 0. The smallest absolute Gasteiger partial charge is 0.0591 e. The first-order valence-electron chi connectivity index (χ1n) is 12.5. The van der Waals surface area contributed by atoms with Crippen molar-refractivity contribution in [2.24, 2.45) is 29.1 Å². The fourth-order valence-corrected chi connectivity index (χ4v) is 6.99. The van der Waals surface area contributed by atoms with E-state index in [9.17, 15) is 10.2 Å². The van der Waals surface area contributed by atoms with Crippen LogP contribution in [0.3, 0.4) is 0 Å². The molecule has 2 heteroatoms. The molecule has 0 aromatic carbocycles. The summed E-state index contributed by atoms with van der Waals surface area (Å²) in [6.07, 6.45) is 15.9. The zero-order chi connectivity index (χ0) is 22.1. The van der Waals surface area contributed by atoms with Gasteiger partial charge in [0.25, 0.3) is 0 Å². The van der Waals surface area contributed by atoms with Crippen LogP contribution in [0.15, 0.2) is 35.5 Å². The van der Waals surface area contributed by atoms with Crippen molar-refractivity contribution in [1.82, 2.24) is 0 Å². The van der Waals surface area contributed by atoms with E-state index in [1.165, 1.54) is 49.7 Å². The molecule has 2 N–H and O–H groups in total. The van der Waals surface area contributed by atoms with Crippen LogP contribution < -0.4 is 0 Å². The lowest BCUT2D eigenvalue weighted by molar-refractivity contribution is 0.0596. The van der Waals surface area contributed by atoms with Crippen LogP contribution in [-0.2, 0) is 0 Å². The summed E-state index contributed by atoms with van der Waals surface area (Å²) < 4.78 is 0. The lowest BCUT2D eigenvalue weighted by Crippen LogP contribution is -2.36. The summed E-state index contributed by atoms with van der Waals surface area (Å²) in [5.41, 5.74) is 4.01. The number of rotatable bonds is 6. The van der Waals surface area contributed by atoms with Gasteiger partial charge in [0.15, 0.2) is 0 Å². The van der Waals surface area contributed by atoms with Crippen molar-refractivity contribution >= 4 is 0 Å². The van der Waals surface area contributed by atoms with Gasteiger partial charge in [0.05, 0.1) is 11.7 Å². The Morgan fingerprint density at radius 1 is 1.27 bits per heavy atom. The minimum Gasteiger partial charge on any atom is -0.393 e. The summed E-state index contributed by atoms with van der Waals surface area (Å²) in [6.45, 7) is 15.4. The van der Waals surface area contributed by atoms with E-state index in [0.717, 1.165) is 37.5 Å². The van der Waals surface area contributed by atoms with E-state index in [4.69, 9.17) is 0 Å². The highest BCUT2D eigenvalue weighted by atomic mass is 16.3. The highest BCUT2D eigenvalue weighted by molar-refractivity contribution is 5.37. The van der Waals surface area contributed by atoms with Crippen molar-refractivity contribution in [3.05, 3.63) is 35.5 Å². The largest absolute Gasteiger partial charge is 0.393 e. The molecule has 0 aromatic rings. The number of hydrogen-bond acceptors (Lipinski definition) is 2. The molecule has 2 nitrogen and oxygen atoms in total. The Bertz CT molecular complexity index is 679. The summed E-state index contributed by atoms with van der Waals surface area (Å²) in [4.78, 5) is 0. The topological polar surface area (TPSA) is 40.5 Å². The Kier molecular flexibility index (Phi) is 7.40. The van der Waals surface area contributed by atoms with Crippen LogP contribution in [0.2, 0.25) is 0 Å². The molecule has 3 aliphatic rings. The fourth-order valence-electron chi connectivity index (χ4n) is 6.99. The van der Waals surface area contributed by atoms with Crippen LogP contribution in [0, 0.1) is 29.1 Å². The molecule has 170 valence electrons. The molecule has 0 bridgehead atoms. The predicted octanol–water partition coefficient (Wildman–Crippen LogP) is 6.98. The van der Waals surface area contributed by atoms with Crippen LogP contribution in [0.5, 0.6) is 0 Å². The van der Waals surface area contributed by atoms with Crippen LogP contribution in [0.4, 0.5) is 0 Å². The van der Waals surface area contributed by atoms with Gasteiger partial charge < -0.3 is 10.2 Å². The average Bonchev–Trinajstić information content (AvgIpc) is 3.00. The molecular formula is C28H46O2. The first kappa shape index (κ1) is 23.8. The maximum atomic E-state index is 10.2. The number of hydrogen-bond donors (Lipinski definition) is 2. The van der Waals surface area contributed by atoms with Gasteiger partial charge in [-0.15, -0.1) is 0 Å². The predicted molar refractivity (Wildman–Crippen MR) is 127 cm³/mol. The summed E-state index contributed by atoms with van der Waals surface area (Å²) >= 11 is 0. The molecule has 3 aliphatic carbocycles. The maximum Gasteiger partial charge on any atom is 0.0591 e. The molecule has 0 unspecified atom stereocenters. The van der Waals surface area contributed by atoms with Crippen LogP contribution in [0.1, 0.15) is 98.8 Å². The van der Waals surface area contributed by atoms with Gasteiger partial charge >= 0.3 is 0 Å². The third kappa shape index (κ3) is 5.30. The van der Waals surface area contributed by atoms with Crippen molar-refractivity contribution in [3.8, 4) is 0 Å². The third-order valence-electron chi connectivity index (χ3n) is 8.76.